The summed E-state index contributed by atoms with van der Waals surface area (Å²) in [5.41, 5.74) is 6.81. The molecule has 1 amide bonds. The Morgan fingerprint density at radius 3 is 2.84 bits per heavy atom. The minimum absolute atomic E-state index is 0.154. The molecular formula is C13H14N4O2. The minimum Gasteiger partial charge on any atom is -0.493 e. The average molecular weight is 258 g/mol. The molecule has 0 radical (unpaired) electrons. The van der Waals surface area contributed by atoms with Crippen molar-refractivity contribution >= 4 is 17.3 Å². The Hall–Kier alpha value is -2.63. The van der Waals surface area contributed by atoms with Gasteiger partial charge >= 0.3 is 0 Å². The van der Waals surface area contributed by atoms with E-state index in [1.165, 1.54) is 18.7 Å². The van der Waals surface area contributed by atoms with Crippen molar-refractivity contribution in [2.45, 2.75) is 6.42 Å². The summed E-state index contributed by atoms with van der Waals surface area (Å²) in [6.45, 7) is 0.281. The molecule has 98 valence electrons. The zero-order valence-corrected chi connectivity index (χ0v) is 10.2. The van der Waals surface area contributed by atoms with Crippen LogP contribution in [-0.4, -0.2) is 22.5 Å². The fourth-order valence-electron chi connectivity index (χ4n) is 1.45. The maximum absolute atomic E-state index is 11.6. The molecule has 0 atom stereocenters. The molecule has 2 rings (SSSR count). The molecule has 0 spiro atoms. The Morgan fingerprint density at radius 1 is 1.32 bits per heavy atom. The highest BCUT2D eigenvalue weighted by atomic mass is 16.5. The number of nitrogens with zero attached hydrogens (tertiary/aromatic N) is 2. The number of amides is 1. The van der Waals surface area contributed by atoms with Gasteiger partial charge in [-0.1, -0.05) is 6.07 Å². The zero-order chi connectivity index (χ0) is 13.5. The number of rotatable bonds is 5. The molecular weight excluding hydrogens is 244 g/mol. The molecule has 1 heterocycles. The summed E-state index contributed by atoms with van der Waals surface area (Å²) in [5.74, 6) is 0.495. The van der Waals surface area contributed by atoms with Gasteiger partial charge < -0.3 is 15.8 Å². The van der Waals surface area contributed by atoms with Crippen molar-refractivity contribution in [1.82, 2.24) is 9.97 Å². The van der Waals surface area contributed by atoms with E-state index in [1.54, 1.807) is 24.3 Å². The van der Waals surface area contributed by atoms with Crippen LogP contribution in [0.5, 0.6) is 5.75 Å². The van der Waals surface area contributed by atoms with E-state index in [1.807, 2.05) is 0 Å². The first-order chi connectivity index (χ1) is 9.24. The summed E-state index contributed by atoms with van der Waals surface area (Å²) in [5, 5.41) is 2.67. The molecule has 0 unspecified atom stereocenters. The van der Waals surface area contributed by atoms with Crippen LogP contribution in [-0.2, 0) is 4.79 Å². The average Bonchev–Trinajstić information content (AvgIpc) is 2.40. The normalized spacial score (nSPS) is 9.89. The van der Waals surface area contributed by atoms with Crippen LogP contribution in [0.1, 0.15) is 6.42 Å². The van der Waals surface area contributed by atoms with Crippen molar-refractivity contribution in [3.05, 3.63) is 43.0 Å². The van der Waals surface area contributed by atoms with Crippen LogP contribution in [0.15, 0.2) is 43.0 Å². The van der Waals surface area contributed by atoms with Gasteiger partial charge in [0.2, 0.25) is 5.91 Å². The van der Waals surface area contributed by atoms with Gasteiger partial charge in [0, 0.05) is 11.8 Å². The summed E-state index contributed by atoms with van der Waals surface area (Å²) >= 11 is 0. The highest BCUT2D eigenvalue weighted by Gasteiger charge is 2.03. The molecule has 0 saturated carbocycles. The molecule has 0 saturated heterocycles. The van der Waals surface area contributed by atoms with Gasteiger partial charge in [-0.25, -0.2) is 9.97 Å². The number of aromatic nitrogens is 2. The molecule has 6 heteroatoms. The van der Waals surface area contributed by atoms with Gasteiger partial charge in [0.05, 0.1) is 31.1 Å². The number of nitrogens with two attached hydrogens (primary N) is 1. The van der Waals surface area contributed by atoms with Crippen LogP contribution in [0.25, 0.3) is 0 Å². The van der Waals surface area contributed by atoms with E-state index in [0.29, 0.717) is 17.1 Å². The number of ether oxygens (including phenoxy) is 1. The highest BCUT2D eigenvalue weighted by molar-refractivity contribution is 5.90. The van der Waals surface area contributed by atoms with Crippen molar-refractivity contribution in [3.8, 4) is 5.75 Å². The molecule has 0 fully saturated rings. The Balaban J connectivity index is 1.75. The van der Waals surface area contributed by atoms with E-state index in [0.717, 1.165) is 0 Å². The number of carbonyl (C=O) groups is 1. The largest absolute Gasteiger partial charge is 0.493 e. The summed E-state index contributed by atoms with van der Waals surface area (Å²) in [7, 11) is 0. The second kappa shape index (κ2) is 6.34. The number of hydrogen-bond acceptors (Lipinski definition) is 5. The summed E-state index contributed by atoms with van der Waals surface area (Å²) in [4.78, 5) is 19.2. The summed E-state index contributed by atoms with van der Waals surface area (Å²) in [6, 6.07) is 7.07. The van der Waals surface area contributed by atoms with Gasteiger partial charge in [-0.3, -0.25) is 4.79 Å². The standard InChI is InChI=1S/C13H14N4O2/c14-10-2-1-3-12(6-10)19-5-4-13(18)17-11-7-15-9-16-8-11/h1-3,6-9H,4-5,14H2,(H,17,18). The first kappa shape index (κ1) is 12.8. The van der Waals surface area contributed by atoms with E-state index < -0.39 is 0 Å². The number of nitrogens with one attached hydrogen (secondary N) is 1. The topological polar surface area (TPSA) is 90.1 Å². The summed E-state index contributed by atoms with van der Waals surface area (Å²) < 4.78 is 5.42. The highest BCUT2D eigenvalue weighted by Crippen LogP contribution is 2.14. The van der Waals surface area contributed by atoms with E-state index in [2.05, 4.69) is 15.3 Å². The molecule has 0 aliphatic carbocycles. The summed E-state index contributed by atoms with van der Waals surface area (Å²) in [6.07, 6.45) is 4.70. The van der Waals surface area contributed by atoms with Gasteiger partial charge in [0.25, 0.3) is 0 Å². The predicted molar refractivity (Wildman–Crippen MR) is 71.6 cm³/mol. The van der Waals surface area contributed by atoms with Crippen LogP contribution in [0.3, 0.4) is 0 Å². The van der Waals surface area contributed by atoms with Crippen LogP contribution >= 0.6 is 0 Å². The molecule has 3 N–H and O–H groups in total. The second-order valence-electron chi connectivity index (χ2n) is 3.85. The van der Waals surface area contributed by atoms with Crippen molar-refractivity contribution in [2.75, 3.05) is 17.7 Å². The third-order valence-electron chi connectivity index (χ3n) is 2.30. The molecule has 6 nitrogen and oxygen atoms in total. The monoisotopic (exact) mass is 258 g/mol. The van der Waals surface area contributed by atoms with Crippen LogP contribution < -0.4 is 15.8 Å². The number of nitrogen functional groups attached to an aromatic ring is 1. The lowest BCUT2D eigenvalue weighted by Gasteiger charge is -2.07. The fraction of sp³-hybridized carbons (Fsp3) is 0.154. The minimum atomic E-state index is -0.154. The van der Waals surface area contributed by atoms with Gasteiger partial charge in [0.1, 0.15) is 12.1 Å². The van der Waals surface area contributed by atoms with Gasteiger partial charge in [-0.2, -0.15) is 0 Å². The second-order valence-corrected chi connectivity index (χ2v) is 3.85. The first-order valence-corrected chi connectivity index (χ1v) is 5.77. The van der Waals surface area contributed by atoms with Gasteiger partial charge in [-0.15, -0.1) is 0 Å². The van der Waals surface area contributed by atoms with Crippen LogP contribution in [0.4, 0.5) is 11.4 Å². The Morgan fingerprint density at radius 2 is 2.11 bits per heavy atom. The van der Waals surface area contributed by atoms with E-state index in [9.17, 15) is 4.79 Å². The predicted octanol–water partition coefficient (Wildman–Crippen LogP) is 1.47. The lowest BCUT2D eigenvalue weighted by molar-refractivity contribution is -0.116. The maximum Gasteiger partial charge on any atom is 0.227 e. The van der Waals surface area contributed by atoms with Gasteiger partial charge in [0.15, 0.2) is 0 Å². The molecule has 1 aromatic carbocycles. The smallest absolute Gasteiger partial charge is 0.227 e. The quantitative estimate of drug-likeness (QED) is 0.792. The Bertz CT molecular complexity index is 545. The fourth-order valence-corrected chi connectivity index (χ4v) is 1.45. The lowest BCUT2D eigenvalue weighted by atomic mass is 10.3. The third kappa shape index (κ3) is 4.27. The molecule has 1 aromatic heterocycles. The Labute approximate surface area is 110 Å². The number of benzene rings is 1. The number of anilines is 2. The van der Waals surface area contributed by atoms with E-state index in [-0.39, 0.29) is 18.9 Å². The van der Waals surface area contributed by atoms with Crippen molar-refractivity contribution in [3.63, 3.8) is 0 Å². The van der Waals surface area contributed by atoms with Crippen LogP contribution in [0, 0.1) is 0 Å². The molecule has 0 bridgehead atoms. The van der Waals surface area contributed by atoms with Gasteiger partial charge in [-0.05, 0) is 12.1 Å². The maximum atomic E-state index is 11.6. The van der Waals surface area contributed by atoms with Crippen LogP contribution in [0.2, 0.25) is 0 Å². The molecule has 0 aliphatic heterocycles. The van der Waals surface area contributed by atoms with E-state index >= 15 is 0 Å². The van der Waals surface area contributed by atoms with E-state index in [4.69, 9.17) is 10.5 Å². The Kier molecular flexibility index (Phi) is 4.28. The number of hydrogen-bond donors (Lipinski definition) is 2. The molecule has 0 aliphatic rings. The molecule has 19 heavy (non-hydrogen) atoms. The zero-order valence-electron chi connectivity index (χ0n) is 10.2. The SMILES string of the molecule is Nc1cccc(OCCC(=O)Nc2cncnc2)c1. The lowest BCUT2D eigenvalue weighted by Crippen LogP contribution is -2.15. The van der Waals surface area contributed by atoms with Crippen molar-refractivity contribution in [1.29, 1.82) is 0 Å². The number of carbonyl (C=O) groups excluding carboxylic acids is 1. The van der Waals surface area contributed by atoms with Crippen molar-refractivity contribution in [2.24, 2.45) is 0 Å². The molecule has 2 aromatic rings. The third-order valence-corrected chi connectivity index (χ3v) is 2.30. The first-order valence-electron chi connectivity index (χ1n) is 5.77. The van der Waals surface area contributed by atoms with Crippen molar-refractivity contribution < 1.29 is 9.53 Å².